The van der Waals surface area contributed by atoms with Gasteiger partial charge in [-0.05, 0) is 49.2 Å². The molecule has 0 saturated heterocycles. The molecule has 0 fully saturated rings. The van der Waals surface area contributed by atoms with Crippen molar-refractivity contribution in [3.8, 4) is 0 Å². The predicted octanol–water partition coefficient (Wildman–Crippen LogP) is 3.90. The molecule has 1 heteroatoms. The van der Waals surface area contributed by atoms with Crippen molar-refractivity contribution in [1.29, 1.82) is 0 Å². The van der Waals surface area contributed by atoms with Crippen LogP contribution in [-0.4, -0.2) is 11.7 Å². The Morgan fingerprint density at radius 3 is 2.53 bits per heavy atom. The fourth-order valence-electron chi connectivity index (χ4n) is 3.19. The summed E-state index contributed by atoms with van der Waals surface area (Å²) in [5.41, 5.74) is 4.15. The molecule has 17 heavy (non-hydrogen) atoms. The van der Waals surface area contributed by atoms with Crippen molar-refractivity contribution >= 4 is 0 Å². The minimum Gasteiger partial charge on any atom is -0.392 e. The highest BCUT2D eigenvalue weighted by molar-refractivity contribution is 5.29. The third kappa shape index (κ3) is 2.44. The van der Waals surface area contributed by atoms with E-state index < -0.39 is 0 Å². The Labute approximate surface area is 104 Å². The first-order valence-corrected chi connectivity index (χ1v) is 6.62. The topological polar surface area (TPSA) is 20.2 Å². The molecule has 1 aromatic rings. The molecule has 0 bridgehead atoms. The highest BCUT2D eigenvalue weighted by Gasteiger charge is 2.28. The van der Waals surface area contributed by atoms with E-state index in [9.17, 15) is 5.11 Å². The molecular weight excluding hydrogens is 208 g/mol. The highest BCUT2D eigenvalue weighted by Crippen LogP contribution is 2.42. The molecule has 1 aliphatic rings. The summed E-state index contributed by atoms with van der Waals surface area (Å²) in [7, 11) is 0. The van der Waals surface area contributed by atoms with Gasteiger partial charge in [-0.1, -0.05) is 42.8 Å². The molecular formula is C16H22O. The number of hydrogen-bond donors (Lipinski definition) is 1. The minimum absolute atomic E-state index is 0.240. The summed E-state index contributed by atoms with van der Waals surface area (Å²) in [5, 5.41) is 9.37. The lowest BCUT2D eigenvalue weighted by Gasteiger charge is -2.34. The molecule has 1 nitrogen and oxygen atoms in total. The summed E-state index contributed by atoms with van der Waals surface area (Å²) >= 11 is 0. The lowest BCUT2D eigenvalue weighted by atomic mass is 9.71. The summed E-state index contributed by atoms with van der Waals surface area (Å²) in [6, 6.07) is 10.8. The molecule has 0 aromatic heterocycles. The Morgan fingerprint density at radius 1 is 1.24 bits per heavy atom. The fourth-order valence-corrected chi connectivity index (χ4v) is 3.19. The summed E-state index contributed by atoms with van der Waals surface area (Å²) in [6.07, 6.45) is 3.39. The van der Waals surface area contributed by atoms with Gasteiger partial charge in [0.15, 0.2) is 0 Å². The first-order valence-electron chi connectivity index (χ1n) is 6.62. The van der Waals surface area contributed by atoms with Gasteiger partial charge in [-0.25, -0.2) is 0 Å². The lowest BCUT2D eigenvalue weighted by molar-refractivity contribution is 0.306. The Kier molecular flexibility index (Phi) is 4.01. The van der Waals surface area contributed by atoms with Gasteiger partial charge in [-0.3, -0.25) is 0 Å². The van der Waals surface area contributed by atoms with Gasteiger partial charge in [0.25, 0.3) is 0 Å². The van der Waals surface area contributed by atoms with Gasteiger partial charge < -0.3 is 5.11 Å². The maximum Gasteiger partial charge on any atom is 0.0644 e. The number of allylic oxidation sites excluding steroid dienone is 1. The SMILES string of the molecule is CCC1C(C)=C(CO)CCC1c1ccccc1. The van der Waals surface area contributed by atoms with Crippen LogP contribution >= 0.6 is 0 Å². The molecule has 0 aliphatic heterocycles. The average Bonchev–Trinajstić information content (AvgIpc) is 2.39. The van der Waals surface area contributed by atoms with Crippen LogP contribution in [0, 0.1) is 5.92 Å². The Hall–Kier alpha value is -1.08. The number of rotatable bonds is 3. The first kappa shape index (κ1) is 12.4. The lowest BCUT2D eigenvalue weighted by Crippen LogP contribution is -2.21. The van der Waals surface area contributed by atoms with Crippen LogP contribution in [0.15, 0.2) is 41.5 Å². The van der Waals surface area contributed by atoms with Crippen molar-refractivity contribution in [2.24, 2.45) is 5.92 Å². The van der Waals surface area contributed by atoms with E-state index in [2.05, 4.69) is 44.2 Å². The summed E-state index contributed by atoms with van der Waals surface area (Å²) < 4.78 is 0. The molecule has 0 amide bonds. The van der Waals surface area contributed by atoms with E-state index in [1.54, 1.807) is 0 Å². The standard InChI is InChI=1S/C16H22O/c1-3-15-12(2)14(11-17)9-10-16(15)13-7-5-4-6-8-13/h4-8,15-17H,3,9-11H2,1-2H3. The largest absolute Gasteiger partial charge is 0.392 e. The summed E-state index contributed by atoms with van der Waals surface area (Å²) in [6.45, 7) is 4.70. The van der Waals surface area contributed by atoms with Crippen LogP contribution in [-0.2, 0) is 0 Å². The van der Waals surface area contributed by atoms with Gasteiger partial charge in [0.1, 0.15) is 0 Å². The summed E-state index contributed by atoms with van der Waals surface area (Å²) in [5.74, 6) is 1.24. The van der Waals surface area contributed by atoms with Crippen LogP contribution in [0.25, 0.3) is 0 Å². The quantitative estimate of drug-likeness (QED) is 0.781. The number of benzene rings is 1. The molecule has 2 rings (SSSR count). The van der Waals surface area contributed by atoms with Crippen LogP contribution in [0.2, 0.25) is 0 Å². The van der Waals surface area contributed by atoms with Crippen LogP contribution in [0.3, 0.4) is 0 Å². The van der Waals surface area contributed by atoms with Gasteiger partial charge in [0.05, 0.1) is 6.61 Å². The molecule has 0 saturated carbocycles. The van der Waals surface area contributed by atoms with Crippen LogP contribution in [0.4, 0.5) is 0 Å². The van der Waals surface area contributed by atoms with E-state index in [0.717, 1.165) is 12.8 Å². The smallest absolute Gasteiger partial charge is 0.0644 e. The van der Waals surface area contributed by atoms with E-state index >= 15 is 0 Å². The molecule has 1 aromatic carbocycles. The third-order valence-electron chi connectivity index (χ3n) is 4.22. The zero-order valence-electron chi connectivity index (χ0n) is 10.8. The number of aliphatic hydroxyl groups is 1. The van der Waals surface area contributed by atoms with Crippen molar-refractivity contribution in [2.75, 3.05) is 6.61 Å². The Morgan fingerprint density at radius 2 is 1.94 bits per heavy atom. The molecule has 2 atom stereocenters. The van der Waals surface area contributed by atoms with Crippen molar-refractivity contribution < 1.29 is 5.11 Å². The molecule has 1 N–H and O–H groups in total. The van der Waals surface area contributed by atoms with Crippen molar-refractivity contribution in [2.45, 2.75) is 39.0 Å². The Bertz CT molecular complexity index is 391. The van der Waals surface area contributed by atoms with E-state index in [-0.39, 0.29) is 6.61 Å². The van der Waals surface area contributed by atoms with Crippen LogP contribution < -0.4 is 0 Å². The second-order valence-electron chi connectivity index (χ2n) is 5.02. The normalized spacial score (nSPS) is 25.1. The van der Waals surface area contributed by atoms with Gasteiger partial charge in [0, 0.05) is 0 Å². The average molecular weight is 230 g/mol. The van der Waals surface area contributed by atoms with E-state index in [1.165, 1.54) is 23.1 Å². The monoisotopic (exact) mass is 230 g/mol. The van der Waals surface area contributed by atoms with Crippen LogP contribution in [0.5, 0.6) is 0 Å². The van der Waals surface area contributed by atoms with E-state index in [4.69, 9.17) is 0 Å². The summed E-state index contributed by atoms with van der Waals surface area (Å²) in [4.78, 5) is 0. The van der Waals surface area contributed by atoms with Crippen LogP contribution in [0.1, 0.15) is 44.6 Å². The van der Waals surface area contributed by atoms with E-state index in [1.807, 2.05) is 0 Å². The molecule has 2 unspecified atom stereocenters. The zero-order valence-corrected chi connectivity index (χ0v) is 10.8. The maximum atomic E-state index is 9.37. The fraction of sp³-hybridized carbons (Fsp3) is 0.500. The molecule has 92 valence electrons. The molecule has 0 heterocycles. The van der Waals surface area contributed by atoms with Gasteiger partial charge >= 0.3 is 0 Å². The highest BCUT2D eigenvalue weighted by atomic mass is 16.3. The van der Waals surface area contributed by atoms with Gasteiger partial charge in [-0.2, -0.15) is 0 Å². The van der Waals surface area contributed by atoms with Crippen molar-refractivity contribution in [3.05, 3.63) is 47.0 Å². The maximum absolute atomic E-state index is 9.37. The predicted molar refractivity (Wildman–Crippen MR) is 72.0 cm³/mol. The van der Waals surface area contributed by atoms with E-state index in [0.29, 0.717) is 11.8 Å². The molecule has 0 spiro atoms. The Balaban J connectivity index is 2.30. The zero-order chi connectivity index (χ0) is 12.3. The van der Waals surface area contributed by atoms with Crippen molar-refractivity contribution in [3.63, 3.8) is 0 Å². The number of aliphatic hydroxyl groups excluding tert-OH is 1. The van der Waals surface area contributed by atoms with Gasteiger partial charge in [0.2, 0.25) is 0 Å². The van der Waals surface area contributed by atoms with Gasteiger partial charge in [-0.15, -0.1) is 0 Å². The second kappa shape index (κ2) is 5.50. The second-order valence-corrected chi connectivity index (χ2v) is 5.02. The first-order chi connectivity index (χ1) is 8.27. The van der Waals surface area contributed by atoms with Crippen molar-refractivity contribution in [1.82, 2.24) is 0 Å². The molecule has 0 radical (unpaired) electrons. The third-order valence-corrected chi connectivity index (χ3v) is 4.22. The molecule has 1 aliphatic carbocycles. The number of hydrogen-bond acceptors (Lipinski definition) is 1. The minimum atomic E-state index is 0.240.